The van der Waals surface area contributed by atoms with Crippen molar-refractivity contribution in [3.8, 4) is 5.75 Å². The zero-order valence-electron chi connectivity index (χ0n) is 10.9. The Balaban J connectivity index is 2.79. The van der Waals surface area contributed by atoms with Crippen molar-refractivity contribution in [1.29, 1.82) is 0 Å². The maximum Gasteiger partial charge on any atom is 0.254 e. The number of hydrogen-bond donors (Lipinski definition) is 1. The second-order valence-corrected chi connectivity index (χ2v) is 3.81. The highest BCUT2D eigenvalue weighted by Crippen LogP contribution is 2.14. The Morgan fingerprint density at radius 3 is 2.72 bits per heavy atom. The number of carbonyl (C=O) groups is 1. The summed E-state index contributed by atoms with van der Waals surface area (Å²) in [6.45, 7) is 1.97. The first kappa shape index (κ1) is 14.5. The molecule has 5 heteroatoms. The third kappa shape index (κ3) is 4.01. The van der Waals surface area contributed by atoms with Gasteiger partial charge in [0.25, 0.3) is 5.91 Å². The predicted octanol–water partition coefficient (Wildman–Crippen LogP) is 0.743. The zero-order valence-corrected chi connectivity index (χ0v) is 10.9. The van der Waals surface area contributed by atoms with E-state index in [1.807, 2.05) is 0 Å². The van der Waals surface area contributed by atoms with Gasteiger partial charge in [0.1, 0.15) is 5.75 Å². The first-order valence-electron chi connectivity index (χ1n) is 5.85. The van der Waals surface area contributed by atoms with Crippen molar-refractivity contribution < 1.29 is 14.3 Å². The Bertz CT molecular complexity index is 382. The molecule has 0 saturated heterocycles. The first-order valence-corrected chi connectivity index (χ1v) is 5.85. The molecule has 0 unspecified atom stereocenters. The number of amides is 1. The van der Waals surface area contributed by atoms with Gasteiger partial charge in [-0.1, -0.05) is 6.07 Å². The second-order valence-electron chi connectivity index (χ2n) is 3.81. The molecular weight excluding hydrogens is 232 g/mol. The predicted molar refractivity (Wildman–Crippen MR) is 69.8 cm³/mol. The van der Waals surface area contributed by atoms with Crippen LogP contribution in [0.15, 0.2) is 24.3 Å². The van der Waals surface area contributed by atoms with E-state index in [1.165, 1.54) is 0 Å². The highest BCUT2D eigenvalue weighted by molar-refractivity contribution is 5.94. The molecule has 1 aromatic carbocycles. The number of carbonyl (C=O) groups excluding carboxylic acids is 1. The lowest BCUT2D eigenvalue weighted by atomic mass is 10.2. The van der Waals surface area contributed by atoms with Gasteiger partial charge in [0.2, 0.25) is 0 Å². The molecule has 0 bridgehead atoms. The van der Waals surface area contributed by atoms with Crippen LogP contribution in [0.25, 0.3) is 0 Å². The van der Waals surface area contributed by atoms with Gasteiger partial charge >= 0.3 is 0 Å². The highest BCUT2D eigenvalue weighted by Gasteiger charge is 2.15. The van der Waals surface area contributed by atoms with Crippen LogP contribution in [0.3, 0.4) is 0 Å². The van der Waals surface area contributed by atoms with Gasteiger partial charge in [-0.05, 0) is 18.2 Å². The largest absolute Gasteiger partial charge is 0.497 e. The normalized spacial score (nSPS) is 10.2. The quantitative estimate of drug-likeness (QED) is 0.777. The molecule has 0 saturated carbocycles. The van der Waals surface area contributed by atoms with E-state index >= 15 is 0 Å². The molecule has 0 heterocycles. The van der Waals surface area contributed by atoms with Gasteiger partial charge in [0, 0.05) is 32.3 Å². The van der Waals surface area contributed by atoms with E-state index in [1.54, 1.807) is 43.4 Å². The molecule has 5 nitrogen and oxygen atoms in total. The minimum absolute atomic E-state index is 0.0589. The minimum Gasteiger partial charge on any atom is -0.497 e. The standard InChI is InChI=1S/C13H20N2O3/c1-17-9-8-15(7-6-14)13(16)11-4-3-5-12(10-11)18-2/h3-5,10H,6-9,14H2,1-2H3. The smallest absolute Gasteiger partial charge is 0.254 e. The SMILES string of the molecule is COCCN(CCN)C(=O)c1cccc(OC)c1. The fourth-order valence-electron chi connectivity index (χ4n) is 1.61. The monoisotopic (exact) mass is 252 g/mol. The number of benzene rings is 1. The van der Waals surface area contributed by atoms with E-state index in [-0.39, 0.29) is 5.91 Å². The van der Waals surface area contributed by atoms with Gasteiger partial charge in [-0.15, -0.1) is 0 Å². The van der Waals surface area contributed by atoms with Crippen molar-refractivity contribution >= 4 is 5.91 Å². The van der Waals surface area contributed by atoms with Gasteiger partial charge in [0.05, 0.1) is 13.7 Å². The first-order chi connectivity index (χ1) is 8.72. The van der Waals surface area contributed by atoms with Crippen molar-refractivity contribution in [2.45, 2.75) is 0 Å². The Morgan fingerprint density at radius 2 is 2.11 bits per heavy atom. The zero-order chi connectivity index (χ0) is 13.4. The molecule has 1 amide bonds. The molecule has 0 aromatic heterocycles. The second kappa shape index (κ2) is 7.68. The van der Waals surface area contributed by atoms with E-state index in [4.69, 9.17) is 15.2 Å². The van der Waals surface area contributed by atoms with Crippen LogP contribution in [0.5, 0.6) is 5.75 Å². The minimum atomic E-state index is -0.0589. The van der Waals surface area contributed by atoms with Crippen LogP contribution in [0, 0.1) is 0 Å². The number of ether oxygens (including phenoxy) is 2. The maximum absolute atomic E-state index is 12.3. The molecule has 0 atom stereocenters. The molecule has 0 aliphatic carbocycles. The Hall–Kier alpha value is -1.59. The fraction of sp³-hybridized carbons (Fsp3) is 0.462. The highest BCUT2D eigenvalue weighted by atomic mass is 16.5. The van der Waals surface area contributed by atoms with E-state index < -0.39 is 0 Å². The molecule has 1 aromatic rings. The van der Waals surface area contributed by atoms with Crippen molar-refractivity contribution in [1.82, 2.24) is 4.90 Å². The molecule has 18 heavy (non-hydrogen) atoms. The molecule has 0 aliphatic rings. The van der Waals surface area contributed by atoms with Crippen molar-refractivity contribution in [2.75, 3.05) is 40.5 Å². The third-order valence-electron chi connectivity index (χ3n) is 2.57. The molecule has 0 spiro atoms. The Kier molecular flexibility index (Phi) is 6.18. The summed E-state index contributed by atoms with van der Waals surface area (Å²) in [6.07, 6.45) is 0. The van der Waals surface area contributed by atoms with E-state index in [2.05, 4.69) is 0 Å². The summed E-state index contributed by atoms with van der Waals surface area (Å²) in [5, 5.41) is 0. The van der Waals surface area contributed by atoms with Crippen LogP contribution in [-0.4, -0.2) is 51.3 Å². The van der Waals surface area contributed by atoms with Crippen molar-refractivity contribution in [3.05, 3.63) is 29.8 Å². The number of methoxy groups -OCH3 is 2. The van der Waals surface area contributed by atoms with Gasteiger partial charge in [-0.3, -0.25) is 4.79 Å². The number of rotatable bonds is 7. The molecule has 0 aliphatic heterocycles. The lowest BCUT2D eigenvalue weighted by Gasteiger charge is -2.21. The summed E-state index contributed by atoms with van der Waals surface area (Å²) in [7, 11) is 3.18. The van der Waals surface area contributed by atoms with E-state index in [0.717, 1.165) is 0 Å². The molecule has 2 N–H and O–H groups in total. The van der Waals surface area contributed by atoms with Crippen LogP contribution in [0.2, 0.25) is 0 Å². The van der Waals surface area contributed by atoms with Crippen LogP contribution in [0.4, 0.5) is 0 Å². The molecule has 100 valence electrons. The Labute approximate surface area is 107 Å². The van der Waals surface area contributed by atoms with Crippen LogP contribution in [0.1, 0.15) is 10.4 Å². The van der Waals surface area contributed by atoms with Crippen LogP contribution < -0.4 is 10.5 Å². The topological polar surface area (TPSA) is 64.8 Å². The number of nitrogens with two attached hydrogens (primary N) is 1. The molecule has 0 fully saturated rings. The molecule has 0 radical (unpaired) electrons. The van der Waals surface area contributed by atoms with Crippen molar-refractivity contribution in [2.24, 2.45) is 5.73 Å². The summed E-state index contributed by atoms with van der Waals surface area (Å²) in [5.41, 5.74) is 6.11. The fourth-order valence-corrected chi connectivity index (χ4v) is 1.61. The summed E-state index contributed by atoms with van der Waals surface area (Å²) < 4.78 is 10.1. The molecular formula is C13H20N2O3. The molecule has 1 rings (SSSR count). The van der Waals surface area contributed by atoms with E-state index in [0.29, 0.717) is 37.6 Å². The summed E-state index contributed by atoms with van der Waals surface area (Å²) in [4.78, 5) is 13.9. The van der Waals surface area contributed by atoms with E-state index in [9.17, 15) is 4.79 Å². The number of nitrogens with zero attached hydrogens (tertiary/aromatic N) is 1. The van der Waals surface area contributed by atoms with Gasteiger partial charge in [-0.25, -0.2) is 0 Å². The number of hydrogen-bond acceptors (Lipinski definition) is 4. The average Bonchev–Trinajstić information content (AvgIpc) is 2.42. The van der Waals surface area contributed by atoms with Gasteiger partial charge in [-0.2, -0.15) is 0 Å². The van der Waals surface area contributed by atoms with Gasteiger partial charge < -0.3 is 20.1 Å². The van der Waals surface area contributed by atoms with Crippen molar-refractivity contribution in [3.63, 3.8) is 0 Å². The third-order valence-corrected chi connectivity index (χ3v) is 2.57. The van der Waals surface area contributed by atoms with Crippen LogP contribution >= 0.6 is 0 Å². The summed E-state index contributed by atoms with van der Waals surface area (Å²) >= 11 is 0. The lowest BCUT2D eigenvalue weighted by Crippen LogP contribution is -2.37. The van der Waals surface area contributed by atoms with Crippen LogP contribution in [-0.2, 0) is 4.74 Å². The lowest BCUT2D eigenvalue weighted by molar-refractivity contribution is 0.0701. The summed E-state index contributed by atoms with van der Waals surface area (Å²) in [5.74, 6) is 0.608. The average molecular weight is 252 g/mol. The summed E-state index contributed by atoms with van der Waals surface area (Å²) in [6, 6.07) is 7.09. The Morgan fingerprint density at radius 1 is 1.33 bits per heavy atom. The maximum atomic E-state index is 12.3. The van der Waals surface area contributed by atoms with Gasteiger partial charge in [0.15, 0.2) is 0 Å².